The van der Waals surface area contributed by atoms with Gasteiger partial charge in [0, 0.05) is 50.0 Å². The Hall–Kier alpha value is -2.73. The Bertz CT molecular complexity index is 1310. The molecule has 12 heteroatoms. The fraction of sp³-hybridized carbons (Fsp3) is 0.304. The van der Waals surface area contributed by atoms with Crippen molar-refractivity contribution in [2.45, 2.75) is 17.4 Å². The van der Waals surface area contributed by atoms with E-state index < -0.39 is 10.0 Å². The van der Waals surface area contributed by atoms with Gasteiger partial charge in [-0.15, -0.1) is 11.3 Å². The highest BCUT2D eigenvalue weighted by Gasteiger charge is 2.38. The Labute approximate surface area is 212 Å². The number of amides is 1. The highest BCUT2D eigenvalue weighted by Crippen LogP contribution is 2.30. The molecule has 35 heavy (non-hydrogen) atoms. The van der Waals surface area contributed by atoms with Crippen LogP contribution >= 0.6 is 22.9 Å². The number of hydrogen-bond acceptors (Lipinski definition) is 7. The average Bonchev–Trinajstić information content (AvgIpc) is 3.48. The van der Waals surface area contributed by atoms with Crippen LogP contribution in [0, 0.1) is 5.82 Å². The molecule has 0 radical (unpaired) electrons. The van der Waals surface area contributed by atoms with Crippen LogP contribution < -0.4 is 14.5 Å². The van der Waals surface area contributed by atoms with Crippen LogP contribution in [0.25, 0.3) is 0 Å². The summed E-state index contributed by atoms with van der Waals surface area (Å²) >= 11 is 7.41. The molecule has 2 saturated heterocycles. The highest BCUT2D eigenvalue weighted by molar-refractivity contribution is 7.93. The molecule has 0 saturated carbocycles. The lowest BCUT2D eigenvalue weighted by atomic mass is 10.1. The second kappa shape index (κ2) is 9.73. The van der Waals surface area contributed by atoms with Crippen LogP contribution in [0.5, 0.6) is 0 Å². The summed E-state index contributed by atoms with van der Waals surface area (Å²) in [5, 5.41) is 2.37. The minimum Gasteiger partial charge on any atom is -0.368 e. The van der Waals surface area contributed by atoms with Gasteiger partial charge in [-0.05, 0) is 48.9 Å². The van der Waals surface area contributed by atoms with Crippen molar-refractivity contribution < 1.29 is 17.6 Å². The summed E-state index contributed by atoms with van der Waals surface area (Å²) in [6.07, 6.45) is 2.22. The van der Waals surface area contributed by atoms with Gasteiger partial charge in [-0.3, -0.25) is 14.4 Å². The molecule has 1 aromatic heterocycles. The monoisotopic (exact) mass is 535 g/mol. The Balaban J connectivity index is 1.21. The number of nitrogens with one attached hydrogen (secondary N) is 1. The highest BCUT2D eigenvalue weighted by atomic mass is 35.5. The summed E-state index contributed by atoms with van der Waals surface area (Å²) in [4.78, 5) is 23.3. The summed E-state index contributed by atoms with van der Waals surface area (Å²) < 4.78 is 40.9. The molecule has 2 fully saturated rings. The number of benzene rings is 2. The molecule has 5 rings (SSSR count). The van der Waals surface area contributed by atoms with Gasteiger partial charge in [0.25, 0.3) is 10.0 Å². The maximum Gasteiger partial charge on any atom is 0.263 e. The van der Waals surface area contributed by atoms with E-state index in [2.05, 4.69) is 19.5 Å². The zero-order chi connectivity index (χ0) is 24.6. The molecule has 2 aliphatic rings. The predicted molar refractivity (Wildman–Crippen MR) is 135 cm³/mol. The van der Waals surface area contributed by atoms with E-state index in [0.717, 1.165) is 5.69 Å². The number of carbonyl (C=O) groups is 1. The maximum absolute atomic E-state index is 13.4. The average molecular weight is 536 g/mol. The summed E-state index contributed by atoms with van der Waals surface area (Å²) in [5.74, 6) is -0.356. The van der Waals surface area contributed by atoms with E-state index in [-0.39, 0.29) is 22.7 Å². The Morgan fingerprint density at radius 2 is 1.80 bits per heavy atom. The summed E-state index contributed by atoms with van der Waals surface area (Å²) in [5.41, 5.74) is 1.47. The van der Waals surface area contributed by atoms with Crippen molar-refractivity contribution >= 4 is 55.4 Å². The molecular formula is C23H23ClFN5O3S2. The van der Waals surface area contributed by atoms with Gasteiger partial charge in [0.05, 0.1) is 21.6 Å². The first-order valence-electron chi connectivity index (χ1n) is 11.1. The van der Waals surface area contributed by atoms with Gasteiger partial charge in [-0.2, -0.15) is 0 Å². The van der Waals surface area contributed by atoms with Gasteiger partial charge in [-0.1, -0.05) is 11.6 Å². The van der Waals surface area contributed by atoms with Crippen molar-refractivity contribution in [3.8, 4) is 0 Å². The maximum atomic E-state index is 13.4. The molecule has 1 N–H and O–H groups in total. The van der Waals surface area contributed by atoms with Crippen LogP contribution in [0.4, 0.5) is 20.9 Å². The van der Waals surface area contributed by atoms with Crippen LogP contribution in [0.15, 0.2) is 58.9 Å². The van der Waals surface area contributed by atoms with E-state index >= 15 is 0 Å². The first-order valence-corrected chi connectivity index (χ1v) is 13.8. The summed E-state index contributed by atoms with van der Waals surface area (Å²) in [7, 11) is -3.75. The van der Waals surface area contributed by atoms with Crippen molar-refractivity contribution in [1.29, 1.82) is 0 Å². The van der Waals surface area contributed by atoms with Gasteiger partial charge >= 0.3 is 0 Å². The van der Waals surface area contributed by atoms with Crippen molar-refractivity contribution in [3.05, 3.63) is 64.9 Å². The van der Waals surface area contributed by atoms with Gasteiger partial charge in [-0.25, -0.2) is 17.8 Å². The molecule has 1 amide bonds. The second-order valence-electron chi connectivity index (χ2n) is 8.35. The Kier molecular flexibility index (Phi) is 6.67. The minimum absolute atomic E-state index is 0.00906. The largest absolute Gasteiger partial charge is 0.368 e. The molecule has 0 spiro atoms. The molecule has 2 aliphatic heterocycles. The number of thiazole rings is 1. The number of sulfonamides is 1. The SMILES string of the molecule is O=C1[C@@H](N2CCN(c3ccc(F)cc3Cl)CC2)CCN1c1ccc(S(=O)(=O)Nc2nccs2)cc1. The molecular weight excluding hydrogens is 513 g/mol. The van der Waals surface area contributed by atoms with Crippen molar-refractivity contribution in [2.75, 3.05) is 47.2 Å². The lowest BCUT2D eigenvalue weighted by Crippen LogP contribution is -2.52. The van der Waals surface area contributed by atoms with E-state index in [9.17, 15) is 17.6 Å². The topological polar surface area (TPSA) is 85.9 Å². The smallest absolute Gasteiger partial charge is 0.263 e. The Morgan fingerprint density at radius 3 is 2.46 bits per heavy atom. The van der Waals surface area contributed by atoms with Crippen molar-refractivity contribution in [3.63, 3.8) is 0 Å². The van der Waals surface area contributed by atoms with E-state index in [1.54, 1.807) is 28.5 Å². The summed E-state index contributed by atoms with van der Waals surface area (Å²) in [6, 6.07) is 10.5. The number of nitrogens with zero attached hydrogens (tertiary/aromatic N) is 4. The second-order valence-corrected chi connectivity index (χ2v) is 11.3. The van der Waals surface area contributed by atoms with E-state index in [4.69, 9.17) is 11.6 Å². The first kappa shape index (κ1) is 24.0. The molecule has 3 heterocycles. The van der Waals surface area contributed by atoms with Crippen molar-refractivity contribution in [1.82, 2.24) is 9.88 Å². The number of hydrogen-bond donors (Lipinski definition) is 1. The molecule has 8 nitrogen and oxygen atoms in total. The number of rotatable bonds is 6. The third-order valence-electron chi connectivity index (χ3n) is 6.30. The fourth-order valence-electron chi connectivity index (χ4n) is 4.53. The van der Waals surface area contributed by atoms with Crippen LogP contribution in [-0.2, 0) is 14.8 Å². The minimum atomic E-state index is -3.75. The molecule has 3 aromatic rings. The quantitative estimate of drug-likeness (QED) is 0.518. The molecule has 0 bridgehead atoms. The van der Waals surface area contributed by atoms with E-state index in [1.165, 1.54) is 41.8 Å². The Morgan fingerprint density at radius 1 is 1.06 bits per heavy atom. The van der Waals surface area contributed by atoms with Gasteiger partial charge in [0.15, 0.2) is 5.13 Å². The number of halogens is 2. The van der Waals surface area contributed by atoms with Crippen molar-refractivity contribution in [2.24, 2.45) is 0 Å². The number of piperazine rings is 1. The third-order valence-corrected chi connectivity index (χ3v) is 8.77. The van der Waals surface area contributed by atoms with Crippen LogP contribution in [-0.4, -0.2) is 63.0 Å². The van der Waals surface area contributed by atoms with Gasteiger partial charge in [0.2, 0.25) is 5.91 Å². The predicted octanol–water partition coefficient (Wildman–Crippen LogP) is 3.66. The van der Waals surface area contributed by atoms with Crippen LogP contribution in [0.3, 0.4) is 0 Å². The molecule has 0 unspecified atom stereocenters. The van der Waals surface area contributed by atoms with Gasteiger partial charge in [0.1, 0.15) is 5.82 Å². The molecule has 2 aromatic carbocycles. The summed E-state index contributed by atoms with van der Waals surface area (Å²) in [6.45, 7) is 3.33. The normalized spacial score (nSPS) is 19.4. The number of carbonyl (C=O) groups excluding carboxylic acids is 1. The number of anilines is 3. The van der Waals surface area contributed by atoms with Crippen LogP contribution in [0.2, 0.25) is 5.02 Å². The molecule has 0 aliphatic carbocycles. The fourth-order valence-corrected chi connectivity index (χ4v) is 6.60. The molecule has 184 valence electrons. The zero-order valence-corrected chi connectivity index (χ0v) is 21.0. The zero-order valence-electron chi connectivity index (χ0n) is 18.6. The molecule has 1 atom stereocenters. The lowest BCUT2D eigenvalue weighted by Gasteiger charge is -2.38. The van der Waals surface area contributed by atoms with Crippen LogP contribution in [0.1, 0.15) is 6.42 Å². The third kappa shape index (κ3) is 4.99. The number of aromatic nitrogens is 1. The standard InChI is InChI=1S/C23H23ClFN5O3S2/c24-19-15-16(25)1-6-20(19)28-10-12-29(13-11-28)21-7-9-30(22(21)31)17-2-4-18(5-3-17)35(32,33)27-23-26-8-14-34-23/h1-6,8,14-15,21H,7,9-13H2,(H,26,27)/t21-/m0/s1. The van der Waals surface area contributed by atoms with E-state index in [1.807, 2.05) is 0 Å². The first-order chi connectivity index (χ1) is 16.8. The van der Waals surface area contributed by atoms with Gasteiger partial charge < -0.3 is 9.80 Å². The lowest BCUT2D eigenvalue weighted by molar-refractivity contribution is -0.121. The van der Waals surface area contributed by atoms with E-state index in [0.29, 0.717) is 55.0 Å².